The van der Waals surface area contributed by atoms with Crippen molar-refractivity contribution in [2.75, 3.05) is 32.8 Å². The third kappa shape index (κ3) is 3.70. The van der Waals surface area contributed by atoms with Crippen LogP contribution in [0.1, 0.15) is 30.9 Å². The first kappa shape index (κ1) is 19.8. The van der Waals surface area contributed by atoms with Gasteiger partial charge in [0.25, 0.3) is 0 Å². The lowest BCUT2D eigenvalue weighted by atomic mass is 9.77. The molecule has 0 radical (unpaired) electrons. The molecule has 2 saturated heterocycles. The van der Waals surface area contributed by atoms with Crippen molar-refractivity contribution in [1.82, 2.24) is 35.0 Å². The predicted molar refractivity (Wildman–Crippen MR) is 105 cm³/mol. The number of piperidine rings is 1. The van der Waals surface area contributed by atoms with Gasteiger partial charge in [-0.2, -0.15) is 4.68 Å². The first-order valence-electron chi connectivity index (χ1n) is 10.3. The molecular weight excluding hydrogens is 402 g/mol. The molecule has 1 N–H and O–H groups in total. The number of β-amino-alcohol motifs (C(OH)–C–C–N with tert-alkyl or cyclic N) is 1. The van der Waals surface area contributed by atoms with Crippen molar-refractivity contribution in [3.05, 3.63) is 42.0 Å². The number of cyclic esters (lactones) is 1. The zero-order valence-electron chi connectivity index (χ0n) is 16.9. The summed E-state index contributed by atoms with van der Waals surface area (Å²) in [5.74, 6) is 0.294. The number of aliphatic hydroxyl groups is 1. The molecule has 162 valence electrons. The van der Waals surface area contributed by atoms with Gasteiger partial charge in [0.15, 0.2) is 5.82 Å². The predicted octanol–water partition coefficient (Wildman–Crippen LogP) is -0.154. The molecule has 3 aliphatic rings. The van der Waals surface area contributed by atoms with Crippen molar-refractivity contribution in [1.29, 1.82) is 0 Å². The number of aromatic nitrogens is 5. The number of esters is 1. The van der Waals surface area contributed by atoms with E-state index in [0.717, 1.165) is 37.9 Å². The van der Waals surface area contributed by atoms with Crippen LogP contribution in [0.15, 0.2) is 36.4 Å². The van der Waals surface area contributed by atoms with Gasteiger partial charge in [0.2, 0.25) is 5.91 Å². The van der Waals surface area contributed by atoms with Crippen molar-refractivity contribution < 1.29 is 19.4 Å². The third-order valence-electron chi connectivity index (χ3n) is 6.49. The number of nitrogens with zero attached hydrogens (tertiary/aromatic N) is 7. The van der Waals surface area contributed by atoms with Gasteiger partial charge in [-0.05, 0) is 48.8 Å². The Bertz CT molecular complexity index is 997. The summed E-state index contributed by atoms with van der Waals surface area (Å²) < 4.78 is 6.41. The van der Waals surface area contributed by atoms with E-state index in [1.807, 2.05) is 6.07 Å². The van der Waals surface area contributed by atoms with E-state index in [1.165, 1.54) is 17.1 Å². The first-order valence-corrected chi connectivity index (χ1v) is 10.3. The highest BCUT2D eigenvalue weighted by Crippen LogP contribution is 2.43. The van der Waals surface area contributed by atoms with Crippen LogP contribution in [-0.2, 0) is 14.3 Å². The smallest absolute Gasteiger partial charge is 0.333 e. The molecule has 1 amide bonds. The SMILES string of the molecule is O=C1C=C(N2CCC3(CCN(CC(O)c4ccc(-n5cnnn5)nc4)CC3)C2=O)CO1. The molecule has 5 rings (SSSR count). The summed E-state index contributed by atoms with van der Waals surface area (Å²) >= 11 is 0. The van der Waals surface area contributed by atoms with Crippen molar-refractivity contribution in [3.8, 4) is 5.82 Å². The van der Waals surface area contributed by atoms with Gasteiger partial charge in [-0.15, -0.1) is 5.10 Å². The molecule has 1 atom stereocenters. The normalized spacial score (nSPS) is 22.1. The third-order valence-corrected chi connectivity index (χ3v) is 6.49. The van der Waals surface area contributed by atoms with Crippen LogP contribution in [0, 0.1) is 5.41 Å². The topological polar surface area (TPSA) is 127 Å². The Balaban J connectivity index is 1.17. The molecule has 31 heavy (non-hydrogen) atoms. The van der Waals surface area contributed by atoms with Crippen LogP contribution in [0.5, 0.6) is 0 Å². The van der Waals surface area contributed by atoms with Crippen LogP contribution >= 0.6 is 0 Å². The Morgan fingerprint density at radius 2 is 1.97 bits per heavy atom. The minimum absolute atomic E-state index is 0.0969. The molecule has 0 bridgehead atoms. The number of carbonyl (C=O) groups is 2. The van der Waals surface area contributed by atoms with Crippen LogP contribution in [0.2, 0.25) is 0 Å². The summed E-state index contributed by atoms with van der Waals surface area (Å²) in [6, 6.07) is 3.58. The molecule has 2 fully saturated rings. The number of rotatable bonds is 5. The second-order valence-corrected chi connectivity index (χ2v) is 8.25. The van der Waals surface area contributed by atoms with Gasteiger partial charge in [-0.1, -0.05) is 6.07 Å². The number of pyridine rings is 1. The summed E-state index contributed by atoms with van der Waals surface area (Å²) in [5.41, 5.74) is 1.02. The fraction of sp³-hybridized carbons (Fsp3) is 0.500. The van der Waals surface area contributed by atoms with Crippen LogP contribution in [0.25, 0.3) is 5.82 Å². The van der Waals surface area contributed by atoms with E-state index in [9.17, 15) is 14.7 Å². The van der Waals surface area contributed by atoms with Gasteiger partial charge in [0.05, 0.1) is 17.2 Å². The summed E-state index contributed by atoms with van der Waals surface area (Å²) in [6.07, 6.45) is 6.11. The summed E-state index contributed by atoms with van der Waals surface area (Å²) in [4.78, 5) is 32.6. The molecule has 1 spiro atoms. The number of carbonyl (C=O) groups excluding carboxylic acids is 2. The van der Waals surface area contributed by atoms with E-state index >= 15 is 0 Å². The molecule has 0 aliphatic carbocycles. The standard InChI is InChI=1S/C20H23N7O4/c28-16(14-1-2-17(21-10-14)27-13-22-23-24-27)11-25-6-3-20(4-7-25)5-8-26(19(20)30)15-9-18(29)31-12-15/h1-2,9-10,13,16,28H,3-8,11-12H2. The van der Waals surface area contributed by atoms with E-state index < -0.39 is 6.10 Å². The van der Waals surface area contributed by atoms with Crippen LogP contribution < -0.4 is 0 Å². The molecule has 0 saturated carbocycles. The van der Waals surface area contributed by atoms with Crippen molar-refractivity contribution >= 4 is 11.9 Å². The van der Waals surface area contributed by atoms with Gasteiger partial charge < -0.3 is 19.6 Å². The highest BCUT2D eigenvalue weighted by molar-refractivity contribution is 5.90. The molecular formula is C20H23N7O4. The maximum absolute atomic E-state index is 13.1. The lowest BCUT2D eigenvalue weighted by Crippen LogP contribution is -2.45. The lowest BCUT2D eigenvalue weighted by Gasteiger charge is -2.38. The van der Waals surface area contributed by atoms with Crippen LogP contribution in [0.3, 0.4) is 0 Å². The number of aliphatic hydroxyl groups excluding tert-OH is 1. The maximum Gasteiger partial charge on any atom is 0.333 e. The number of ether oxygens (including phenoxy) is 1. The number of tetrazole rings is 1. The van der Waals surface area contributed by atoms with Gasteiger partial charge in [0, 0.05) is 30.9 Å². The molecule has 0 aromatic carbocycles. The number of amides is 1. The highest BCUT2D eigenvalue weighted by Gasteiger charge is 2.49. The average Bonchev–Trinajstić information content (AvgIpc) is 3.53. The van der Waals surface area contributed by atoms with E-state index in [2.05, 4.69) is 25.4 Å². The number of likely N-dealkylation sites (tertiary alicyclic amines) is 2. The van der Waals surface area contributed by atoms with Gasteiger partial charge in [-0.3, -0.25) is 4.79 Å². The first-order chi connectivity index (χ1) is 15.0. The van der Waals surface area contributed by atoms with Gasteiger partial charge in [-0.25, -0.2) is 9.78 Å². The number of hydrogen-bond acceptors (Lipinski definition) is 9. The van der Waals surface area contributed by atoms with Crippen molar-refractivity contribution in [3.63, 3.8) is 0 Å². The Hall–Kier alpha value is -3.18. The van der Waals surface area contributed by atoms with E-state index in [4.69, 9.17) is 4.74 Å². The molecule has 1 unspecified atom stereocenters. The lowest BCUT2D eigenvalue weighted by molar-refractivity contribution is -0.138. The molecule has 2 aromatic heterocycles. The van der Waals surface area contributed by atoms with E-state index in [-0.39, 0.29) is 23.9 Å². The van der Waals surface area contributed by atoms with Gasteiger partial charge >= 0.3 is 5.97 Å². The van der Waals surface area contributed by atoms with Gasteiger partial charge in [0.1, 0.15) is 12.9 Å². The summed E-state index contributed by atoms with van der Waals surface area (Å²) in [7, 11) is 0. The Labute approximate surface area is 178 Å². The minimum Gasteiger partial charge on any atom is -0.456 e. The number of hydrogen-bond donors (Lipinski definition) is 1. The average molecular weight is 425 g/mol. The van der Waals surface area contributed by atoms with Crippen LogP contribution in [0.4, 0.5) is 0 Å². The maximum atomic E-state index is 13.1. The highest BCUT2D eigenvalue weighted by atomic mass is 16.5. The fourth-order valence-electron chi connectivity index (χ4n) is 4.59. The molecule has 11 nitrogen and oxygen atoms in total. The van der Waals surface area contributed by atoms with E-state index in [1.54, 1.807) is 17.2 Å². The van der Waals surface area contributed by atoms with Crippen molar-refractivity contribution in [2.24, 2.45) is 5.41 Å². The summed E-state index contributed by atoms with van der Waals surface area (Å²) in [6.45, 7) is 2.76. The van der Waals surface area contributed by atoms with Crippen LogP contribution in [-0.4, -0.2) is 84.8 Å². The Kier molecular flexibility index (Phi) is 4.98. The zero-order chi connectivity index (χ0) is 21.4. The largest absolute Gasteiger partial charge is 0.456 e. The molecule has 5 heterocycles. The Morgan fingerprint density at radius 1 is 1.16 bits per heavy atom. The molecule has 3 aliphatic heterocycles. The zero-order valence-corrected chi connectivity index (χ0v) is 16.9. The van der Waals surface area contributed by atoms with E-state index in [0.29, 0.717) is 24.6 Å². The summed E-state index contributed by atoms with van der Waals surface area (Å²) in [5, 5.41) is 21.6. The minimum atomic E-state index is -0.674. The molecule has 11 heteroatoms. The van der Waals surface area contributed by atoms with Crippen molar-refractivity contribution in [2.45, 2.75) is 25.4 Å². The molecule has 2 aromatic rings. The second-order valence-electron chi connectivity index (χ2n) is 8.25. The monoisotopic (exact) mass is 425 g/mol. The fourth-order valence-corrected chi connectivity index (χ4v) is 4.59. The second kappa shape index (κ2) is 7.82. The Morgan fingerprint density at radius 3 is 2.61 bits per heavy atom. The quantitative estimate of drug-likeness (QED) is 0.651.